The van der Waals surface area contributed by atoms with Gasteiger partial charge in [-0.25, -0.2) is 4.98 Å². The van der Waals surface area contributed by atoms with Crippen LogP contribution in [0.2, 0.25) is 5.15 Å². The number of halogens is 1. The summed E-state index contributed by atoms with van der Waals surface area (Å²) in [5.41, 5.74) is 0.959. The van der Waals surface area contributed by atoms with Crippen LogP contribution in [0.3, 0.4) is 0 Å². The van der Waals surface area contributed by atoms with E-state index in [-0.39, 0.29) is 0 Å². The molecule has 0 amide bonds. The van der Waals surface area contributed by atoms with Crippen LogP contribution in [-0.4, -0.2) is 15.6 Å². The molecule has 13 heavy (non-hydrogen) atoms. The van der Waals surface area contributed by atoms with Crippen LogP contribution in [0, 0.1) is 0 Å². The molecule has 1 aromatic rings. The summed E-state index contributed by atoms with van der Waals surface area (Å²) in [5, 5.41) is 0.483. The molecule has 1 rings (SSSR count). The Morgan fingerprint density at radius 3 is 3.00 bits per heavy atom. The van der Waals surface area contributed by atoms with Crippen LogP contribution < -0.4 is 0 Å². The average Bonchev–Trinajstić information content (AvgIpc) is 2.16. The maximum Gasteiger partial charge on any atom is 0.220 e. The Balaban J connectivity index is 2.46. The fourth-order valence-corrected chi connectivity index (χ4v) is 1.04. The number of ether oxygens (including phenoxy) is 1. The first kappa shape index (κ1) is 10.8. The van der Waals surface area contributed by atoms with Gasteiger partial charge in [-0.05, 0) is 24.5 Å². The lowest BCUT2D eigenvalue weighted by molar-refractivity contribution is 0.310. The van der Waals surface area contributed by atoms with Crippen molar-refractivity contribution in [1.82, 2.24) is 4.98 Å². The molecule has 0 aliphatic carbocycles. The van der Waals surface area contributed by atoms with E-state index in [4.69, 9.17) is 28.6 Å². The number of thioether (sulfide) groups is 1. The quantitative estimate of drug-likeness (QED) is 0.579. The number of nitrogens with zero attached hydrogens (tertiary/aromatic N) is 1. The molecule has 0 radical (unpaired) electrons. The molecule has 2 nitrogen and oxygen atoms in total. The molecule has 0 aliphatic rings. The van der Waals surface area contributed by atoms with E-state index in [1.165, 1.54) is 11.8 Å². The number of aromatic nitrogens is 1. The highest BCUT2D eigenvalue weighted by atomic mass is 35.5. The Labute approximate surface area is 91.6 Å². The minimum absolute atomic E-state index is 0.448. The van der Waals surface area contributed by atoms with Gasteiger partial charge < -0.3 is 4.74 Å². The fourth-order valence-electron chi connectivity index (χ4n) is 0.693. The molecule has 0 saturated carbocycles. The summed E-state index contributed by atoms with van der Waals surface area (Å²) < 4.78 is 5.77. The third kappa shape index (κ3) is 3.93. The molecule has 0 fully saturated rings. The van der Waals surface area contributed by atoms with E-state index in [1.54, 1.807) is 12.3 Å². The molecule has 70 valence electrons. The topological polar surface area (TPSA) is 22.1 Å². The first-order chi connectivity index (χ1) is 6.22. The first-order valence-corrected chi connectivity index (χ1v) is 5.54. The van der Waals surface area contributed by atoms with Gasteiger partial charge in [-0.2, -0.15) is 0 Å². The zero-order valence-electron chi connectivity index (χ0n) is 6.99. The van der Waals surface area contributed by atoms with Crippen LogP contribution in [0.15, 0.2) is 18.3 Å². The van der Waals surface area contributed by atoms with E-state index in [9.17, 15) is 0 Å². The zero-order valence-corrected chi connectivity index (χ0v) is 9.38. The predicted molar refractivity (Wildman–Crippen MR) is 60.1 cm³/mol. The molecule has 1 heterocycles. The Morgan fingerprint density at radius 1 is 1.69 bits per heavy atom. The van der Waals surface area contributed by atoms with Crippen molar-refractivity contribution in [1.29, 1.82) is 0 Å². The number of thiocarbonyl (C=S) groups is 1. The molecule has 0 aliphatic heterocycles. The zero-order chi connectivity index (χ0) is 9.68. The van der Waals surface area contributed by atoms with Gasteiger partial charge in [-0.15, -0.1) is 0 Å². The Hall–Kier alpha value is -0.320. The molecule has 5 heteroatoms. The molecule has 0 saturated heterocycles. The third-order valence-electron chi connectivity index (χ3n) is 1.31. The molecule has 0 bridgehead atoms. The van der Waals surface area contributed by atoms with Crippen molar-refractivity contribution in [2.75, 3.05) is 6.26 Å². The maximum atomic E-state index is 5.62. The van der Waals surface area contributed by atoms with Crippen molar-refractivity contribution in [3.05, 3.63) is 29.0 Å². The van der Waals surface area contributed by atoms with Gasteiger partial charge in [0.05, 0.1) is 0 Å². The number of hydrogen-bond acceptors (Lipinski definition) is 4. The van der Waals surface area contributed by atoms with Gasteiger partial charge in [0, 0.05) is 11.8 Å². The average molecular weight is 234 g/mol. The second kappa shape index (κ2) is 5.42. The predicted octanol–water partition coefficient (Wildman–Crippen LogP) is 2.90. The van der Waals surface area contributed by atoms with Gasteiger partial charge in [-0.1, -0.05) is 29.4 Å². The Morgan fingerprint density at radius 2 is 2.46 bits per heavy atom. The molecule has 0 spiro atoms. The highest BCUT2D eigenvalue weighted by Gasteiger charge is 1.97. The summed E-state index contributed by atoms with van der Waals surface area (Å²) in [7, 11) is 0. The third-order valence-corrected chi connectivity index (χ3v) is 2.60. The minimum Gasteiger partial charge on any atom is -0.474 e. The molecule has 0 atom stereocenters. The lowest BCUT2D eigenvalue weighted by Crippen LogP contribution is -1.97. The maximum absolute atomic E-state index is 5.62. The van der Waals surface area contributed by atoms with Gasteiger partial charge >= 0.3 is 0 Å². The summed E-state index contributed by atoms with van der Waals surface area (Å²) in [4.78, 5) is 3.92. The number of pyridine rings is 1. The summed E-state index contributed by atoms with van der Waals surface area (Å²) in [6.07, 6.45) is 3.55. The molecular weight excluding hydrogens is 226 g/mol. The smallest absolute Gasteiger partial charge is 0.220 e. The molecule has 0 aromatic carbocycles. The van der Waals surface area contributed by atoms with Gasteiger partial charge in [0.15, 0.2) is 0 Å². The summed E-state index contributed by atoms with van der Waals surface area (Å²) >= 11 is 11.9. The van der Waals surface area contributed by atoms with E-state index in [2.05, 4.69) is 4.98 Å². The van der Waals surface area contributed by atoms with E-state index in [0.29, 0.717) is 16.1 Å². The summed E-state index contributed by atoms with van der Waals surface area (Å²) in [6.45, 7) is 0.448. The van der Waals surface area contributed by atoms with Gasteiger partial charge in [-0.3, -0.25) is 0 Å². The Kier molecular flexibility index (Phi) is 4.48. The molecule has 1 aromatic heterocycles. The lowest BCUT2D eigenvalue weighted by Gasteiger charge is -2.03. The highest BCUT2D eigenvalue weighted by molar-refractivity contribution is 8.22. The largest absolute Gasteiger partial charge is 0.474 e. The first-order valence-electron chi connectivity index (χ1n) is 3.53. The number of rotatable bonds is 2. The minimum atomic E-state index is 0.448. The molecular formula is C8H8ClNOS2. The fraction of sp³-hybridized carbons (Fsp3) is 0.250. The van der Waals surface area contributed by atoms with Crippen LogP contribution in [0.25, 0.3) is 0 Å². The lowest BCUT2D eigenvalue weighted by atomic mass is 10.3. The van der Waals surface area contributed by atoms with Crippen molar-refractivity contribution in [3.8, 4) is 0 Å². The normalized spacial score (nSPS) is 9.69. The van der Waals surface area contributed by atoms with Crippen molar-refractivity contribution >= 4 is 40.0 Å². The van der Waals surface area contributed by atoms with Crippen LogP contribution in [0.5, 0.6) is 0 Å². The van der Waals surface area contributed by atoms with Gasteiger partial charge in [0.1, 0.15) is 11.8 Å². The standard InChI is InChI=1S/C8H8ClNOS2/c1-13-8(12)11-5-6-2-3-7(9)10-4-6/h2-4H,5H2,1H3. The highest BCUT2D eigenvalue weighted by Crippen LogP contribution is 2.08. The number of hydrogen-bond donors (Lipinski definition) is 0. The second-order valence-electron chi connectivity index (χ2n) is 2.23. The van der Waals surface area contributed by atoms with Crippen molar-refractivity contribution in [3.63, 3.8) is 0 Å². The van der Waals surface area contributed by atoms with Crippen molar-refractivity contribution in [2.24, 2.45) is 0 Å². The van der Waals surface area contributed by atoms with E-state index >= 15 is 0 Å². The van der Waals surface area contributed by atoms with Crippen LogP contribution in [-0.2, 0) is 11.3 Å². The van der Waals surface area contributed by atoms with Crippen molar-refractivity contribution in [2.45, 2.75) is 6.61 Å². The monoisotopic (exact) mass is 233 g/mol. The van der Waals surface area contributed by atoms with Crippen LogP contribution in [0.4, 0.5) is 0 Å². The SMILES string of the molecule is CSC(=S)OCc1ccc(Cl)nc1. The van der Waals surface area contributed by atoms with Gasteiger partial charge in [0.25, 0.3) is 0 Å². The van der Waals surface area contributed by atoms with Gasteiger partial charge in [0.2, 0.25) is 4.38 Å². The summed E-state index contributed by atoms with van der Waals surface area (Å²) in [5.74, 6) is 0. The van der Waals surface area contributed by atoms with Crippen LogP contribution >= 0.6 is 35.6 Å². The molecule has 0 unspecified atom stereocenters. The Bertz CT molecular complexity index is 289. The van der Waals surface area contributed by atoms with Crippen LogP contribution in [0.1, 0.15) is 5.56 Å². The van der Waals surface area contributed by atoms with Crippen molar-refractivity contribution < 1.29 is 4.74 Å². The molecule has 0 N–H and O–H groups in total. The van der Waals surface area contributed by atoms with E-state index in [1.807, 2.05) is 12.3 Å². The summed E-state index contributed by atoms with van der Waals surface area (Å²) in [6, 6.07) is 3.58. The second-order valence-corrected chi connectivity index (χ2v) is 4.03. The van der Waals surface area contributed by atoms with E-state index in [0.717, 1.165) is 5.56 Å². The van der Waals surface area contributed by atoms with E-state index < -0.39 is 0 Å².